The lowest BCUT2D eigenvalue weighted by Crippen LogP contribution is -2.27. The molecule has 1 amide bonds. The van der Waals surface area contributed by atoms with Gasteiger partial charge in [0.15, 0.2) is 0 Å². The molecule has 0 aliphatic heterocycles. The maximum absolute atomic E-state index is 11.6. The molecular formula is C15H17ClN2O2. The second kappa shape index (κ2) is 7.72. The minimum atomic E-state index is 0.0203. The van der Waals surface area contributed by atoms with E-state index >= 15 is 0 Å². The first-order valence-electron chi connectivity index (χ1n) is 6.48. The van der Waals surface area contributed by atoms with Crippen molar-refractivity contribution in [2.24, 2.45) is 0 Å². The van der Waals surface area contributed by atoms with Gasteiger partial charge in [-0.25, -0.2) is 0 Å². The summed E-state index contributed by atoms with van der Waals surface area (Å²) in [5, 5.41) is 6.72. The third kappa shape index (κ3) is 5.07. The van der Waals surface area contributed by atoms with Gasteiger partial charge in [-0.3, -0.25) is 4.79 Å². The van der Waals surface area contributed by atoms with Crippen LogP contribution in [-0.2, 0) is 17.9 Å². The van der Waals surface area contributed by atoms with Crippen molar-refractivity contribution in [2.75, 3.05) is 6.54 Å². The maximum atomic E-state index is 11.6. The summed E-state index contributed by atoms with van der Waals surface area (Å²) in [5.74, 6) is 0.887. The van der Waals surface area contributed by atoms with E-state index in [-0.39, 0.29) is 5.91 Å². The van der Waals surface area contributed by atoms with Crippen LogP contribution in [0.1, 0.15) is 17.7 Å². The Morgan fingerprint density at radius 3 is 2.65 bits per heavy atom. The van der Waals surface area contributed by atoms with Crippen LogP contribution in [0.5, 0.6) is 0 Å². The third-order valence-corrected chi connectivity index (χ3v) is 3.06. The summed E-state index contributed by atoms with van der Waals surface area (Å²) in [6.07, 6.45) is 2.07. The fourth-order valence-electron chi connectivity index (χ4n) is 1.72. The maximum Gasteiger partial charge on any atom is 0.221 e. The molecule has 2 N–H and O–H groups in total. The average molecular weight is 293 g/mol. The molecular weight excluding hydrogens is 276 g/mol. The molecule has 0 fully saturated rings. The van der Waals surface area contributed by atoms with Gasteiger partial charge in [0.1, 0.15) is 5.76 Å². The molecule has 4 nitrogen and oxygen atoms in total. The molecule has 0 atom stereocenters. The Balaban J connectivity index is 1.59. The molecule has 0 radical (unpaired) electrons. The number of carbonyl (C=O) groups is 1. The summed E-state index contributed by atoms with van der Waals surface area (Å²) in [7, 11) is 0. The Morgan fingerprint density at radius 1 is 1.15 bits per heavy atom. The van der Waals surface area contributed by atoms with Crippen LogP contribution < -0.4 is 10.6 Å². The zero-order valence-electron chi connectivity index (χ0n) is 11.1. The number of furan rings is 1. The molecule has 1 aromatic carbocycles. The second-order valence-corrected chi connectivity index (χ2v) is 4.85. The van der Waals surface area contributed by atoms with Crippen LogP contribution in [0, 0.1) is 0 Å². The molecule has 0 aliphatic rings. The molecule has 0 saturated heterocycles. The van der Waals surface area contributed by atoms with E-state index in [1.54, 1.807) is 6.26 Å². The van der Waals surface area contributed by atoms with Gasteiger partial charge >= 0.3 is 0 Å². The SMILES string of the molecule is O=C(CCNCc1ccco1)NCc1ccc(Cl)cc1. The van der Waals surface area contributed by atoms with E-state index in [0.717, 1.165) is 11.3 Å². The van der Waals surface area contributed by atoms with Gasteiger partial charge in [-0.15, -0.1) is 0 Å². The summed E-state index contributed by atoms with van der Waals surface area (Å²) in [6, 6.07) is 11.2. The lowest BCUT2D eigenvalue weighted by Gasteiger charge is -2.06. The first-order valence-corrected chi connectivity index (χ1v) is 6.86. The summed E-state index contributed by atoms with van der Waals surface area (Å²) in [5.41, 5.74) is 1.03. The second-order valence-electron chi connectivity index (χ2n) is 4.41. The van der Waals surface area contributed by atoms with Crippen molar-refractivity contribution >= 4 is 17.5 Å². The molecule has 0 unspecified atom stereocenters. The van der Waals surface area contributed by atoms with Crippen molar-refractivity contribution in [3.8, 4) is 0 Å². The van der Waals surface area contributed by atoms with Crippen molar-refractivity contribution in [3.05, 3.63) is 59.0 Å². The molecule has 1 aromatic heterocycles. The number of nitrogens with one attached hydrogen (secondary N) is 2. The summed E-state index contributed by atoms with van der Waals surface area (Å²) < 4.78 is 5.18. The average Bonchev–Trinajstić information content (AvgIpc) is 2.96. The number of halogens is 1. The van der Waals surface area contributed by atoms with E-state index in [1.807, 2.05) is 36.4 Å². The molecule has 2 aromatic rings. The Labute approximate surface area is 123 Å². The van der Waals surface area contributed by atoms with Crippen molar-refractivity contribution in [1.29, 1.82) is 0 Å². The van der Waals surface area contributed by atoms with E-state index in [1.165, 1.54) is 0 Å². The first-order chi connectivity index (χ1) is 9.74. The van der Waals surface area contributed by atoms with Crippen molar-refractivity contribution in [3.63, 3.8) is 0 Å². The lowest BCUT2D eigenvalue weighted by atomic mass is 10.2. The summed E-state index contributed by atoms with van der Waals surface area (Å²) in [4.78, 5) is 11.6. The van der Waals surface area contributed by atoms with Crippen LogP contribution in [0.15, 0.2) is 47.1 Å². The van der Waals surface area contributed by atoms with Crippen molar-refractivity contribution < 1.29 is 9.21 Å². The molecule has 5 heteroatoms. The van der Waals surface area contributed by atoms with E-state index in [0.29, 0.717) is 31.1 Å². The third-order valence-electron chi connectivity index (χ3n) is 2.81. The van der Waals surface area contributed by atoms with E-state index in [9.17, 15) is 4.79 Å². The van der Waals surface area contributed by atoms with Crippen molar-refractivity contribution in [2.45, 2.75) is 19.5 Å². The topological polar surface area (TPSA) is 54.3 Å². The van der Waals surface area contributed by atoms with Crippen LogP contribution in [0.25, 0.3) is 0 Å². The van der Waals surface area contributed by atoms with Crippen molar-refractivity contribution in [1.82, 2.24) is 10.6 Å². The minimum Gasteiger partial charge on any atom is -0.468 e. The van der Waals surface area contributed by atoms with E-state index in [2.05, 4.69) is 10.6 Å². The predicted molar refractivity (Wildman–Crippen MR) is 78.3 cm³/mol. The molecule has 2 rings (SSSR count). The fraction of sp³-hybridized carbons (Fsp3) is 0.267. The van der Waals surface area contributed by atoms with Crippen LogP contribution >= 0.6 is 11.6 Å². The minimum absolute atomic E-state index is 0.0203. The zero-order valence-corrected chi connectivity index (χ0v) is 11.8. The standard InChI is InChI=1S/C15H17ClN2O2/c16-13-5-3-12(4-6-13)10-18-15(19)7-8-17-11-14-2-1-9-20-14/h1-6,9,17H,7-8,10-11H2,(H,18,19). The first kappa shape index (κ1) is 14.6. The molecule has 1 heterocycles. The highest BCUT2D eigenvalue weighted by atomic mass is 35.5. The van der Waals surface area contributed by atoms with Crippen LogP contribution in [0.2, 0.25) is 5.02 Å². The number of rotatable bonds is 7. The fourth-order valence-corrected chi connectivity index (χ4v) is 1.84. The molecule has 20 heavy (non-hydrogen) atoms. The largest absolute Gasteiger partial charge is 0.468 e. The molecule has 0 spiro atoms. The highest BCUT2D eigenvalue weighted by Crippen LogP contribution is 2.09. The number of carbonyl (C=O) groups excluding carboxylic acids is 1. The number of hydrogen-bond acceptors (Lipinski definition) is 3. The summed E-state index contributed by atoms with van der Waals surface area (Å²) >= 11 is 5.80. The monoisotopic (exact) mass is 292 g/mol. The normalized spacial score (nSPS) is 10.4. The molecule has 0 saturated carbocycles. The van der Waals surface area contributed by atoms with Crippen LogP contribution in [0.4, 0.5) is 0 Å². The van der Waals surface area contributed by atoms with Gasteiger partial charge in [-0.05, 0) is 29.8 Å². The van der Waals surface area contributed by atoms with E-state index < -0.39 is 0 Å². The van der Waals surface area contributed by atoms with Gasteiger partial charge in [0, 0.05) is 24.5 Å². The van der Waals surface area contributed by atoms with Gasteiger partial charge in [0.25, 0.3) is 0 Å². The van der Waals surface area contributed by atoms with Gasteiger partial charge in [0.2, 0.25) is 5.91 Å². The quantitative estimate of drug-likeness (QED) is 0.772. The Kier molecular flexibility index (Phi) is 5.65. The van der Waals surface area contributed by atoms with Crippen LogP contribution in [0.3, 0.4) is 0 Å². The highest BCUT2D eigenvalue weighted by Gasteiger charge is 2.02. The summed E-state index contributed by atoms with van der Waals surface area (Å²) in [6.45, 7) is 1.78. The van der Waals surface area contributed by atoms with Gasteiger partial charge in [-0.2, -0.15) is 0 Å². The van der Waals surface area contributed by atoms with Gasteiger partial charge < -0.3 is 15.1 Å². The Hall–Kier alpha value is -1.78. The van der Waals surface area contributed by atoms with E-state index in [4.69, 9.17) is 16.0 Å². The smallest absolute Gasteiger partial charge is 0.221 e. The molecule has 0 bridgehead atoms. The number of amides is 1. The Morgan fingerprint density at radius 2 is 1.95 bits per heavy atom. The Bertz CT molecular complexity index is 523. The molecule has 106 valence electrons. The number of benzene rings is 1. The number of hydrogen-bond donors (Lipinski definition) is 2. The zero-order chi connectivity index (χ0) is 14.2. The molecule has 0 aliphatic carbocycles. The predicted octanol–water partition coefficient (Wildman–Crippen LogP) is 2.73. The van der Waals surface area contributed by atoms with Crippen LogP contribution in [-0.4, -0.2) is 12.5 Å². The highest BCUT2D eigenvalue weighted by molar-refractivity contribution is 6.30. The van der Waals surface area contributed by atoms with Gasteiger partial charge in [-0.1, -0.05) is 23.7 Å². The lowest BCUT2D eigenvalue weighted by molar-refractivity contribution is -0.121. The van der Waals surface area contributed by atoms with Gasteiger partial charge in [0.05, 0.1) is 12.8 Å².